The van der Waals surface area contributed by atoms with E-state index >= 15 is 0 Å². The van der Waals surface area contributed by atoms with Gasteiger partial charge >= 0.3 is 0 Å². The van der Waals surface area contributed by atoms with Gasteiger partial charge in [0.2, 0.25) is 0 Å². The predicted molar refractivity (Wildman–Crippen MR) is 138 cm³/mol. The van der Waals surface area contributed by atoms with Gasteiger partial charge in [0.05, 0.1) is 5.39 Å². The van der Waals surface area contributed by atoms with Crippen LogP contribution in [-0.2, 0) is 6.42 Å². The van der Waals surface area contributed by atoms with Gasteiger partial charge in [-0.1, -0.05) is 60.7 Å². The average Bonchev–Trinajstić information content (AvgIpc) is 3.34. The largest absolute Gasteiger partial charge is 0.486 e. The lowest BCUT2D eigenvalue weighted by molar-refractivity contribution is 0.171. The Bertz CT molecular complexity index is 1430. The molecule has 34 heavy (non-hydrogen) atoms. The summed E-state index contributed by atoms with van der Waals surface area (Å²) in [7, 11) is 0. The Morgan fingerprint density at radius 1 is 0.794 bits per heavy atom. The lowest BCUT2D eigenvalue weighted by Gasteiger charge is -2.19. The van der Waals surface area contributed by atoms with Crippen molar-refractivity contribution in [3.8, 4) is 33.8 Å². The third-order valence-electron chi connectivity index (χ3n) is 5.99. The number of nitrogens with zero attached hydrogens (tertiary/aromatic N) is 2. The molecule has 5 aromatic rings. The molecule has 0 saturated heterocycles. The third kappa shape index (κ3) is 4.08. The number of ether oxygens (including phenoxy) is 2. The molecule has 1 aliphatic heterocycles. The number of thiophene rings is 1. The van der Waals surface area contributed by atoms with Gasteiger partial charge in [-0.3, -0.25) is 0 Å². The number of rotatable bonds is 6. The summed E-state index contributed by atoms with van der Waals surface area (Å²) in [5.41, 5.74) is 5.94. The van der Waals surface area contributed by atoms with Gasteiger partial charge in [0.15, 0.2) is 11.5 Å². The summed E-state index contributed by atoms with van der Waals surface area (Å²) in [5, 5.41) is 6.77. The lowest BCUT2D eigenvalue weighted by Crippen LogP contribution is -2.15. The van der Waals surface area contributed by atoms with Crippen LogP contribution in [0, 0.1) is 0 Å². The zero-order valence-electron chi connectivity index (χ0n) is 18.5. The topological polar surface area (TPSA) is 56.3 Å². The van der Waals surface area contributed by atoms with Crippen LogP contribution in [-0.4, -0.2) is 29.7 Å². The van der Waals surface area contributed by atoms with Gasteiger partial charge in [0, 0.05) is 17.5 Å². The molecule has 0 amide bonds. The van der Waals surface area contributed by atoms with Crippen LogP contribution in [0.25, 0.3) is 32.5 Å². The molecule has 0 aliphatic carbocycles. The van der Waals surface area contributed by atoms with Gasteiger partial charge in [-0.15, -0.1) is 11.3 Å². The van der Waals surface area contributed by atoms with Crippen LogP contribution in [0.2, 0.25) is 0 Å². The summed E-state index contributed by atoms with van der Waals surface area (Å²) in [6.07, 6.45) is 2.49. The summed E-state index contributed by atoms with van der Waals surface area (Å²) < 4.78 is 11.3. The molecule has 0 saturated carbocycles. The zero-order valence-corrected chi connectivity index (χ0v) is 19.3. The molecule has 0 spiro atoms. The number of anilines is 1. The highest BCUT2D eigenvalue weighted by Gasteiger charge is 2.14. The van der Waals surface area contributed by atoms with Crippen molar-refractivity contribution in [1.82, 2.24) is 9.97 Å². The molecule has 0 fully saturated rings. The second-order valence-electron chi connectivity index (χ2n) is 8.15. The zero-order chi connectivity index (χ0) is 22.7. The molecule has 5 nitrogen and oxygen atoms in total. The van der Waals surface area contributed by atoms with Gasteiger partial charge in [-0.25, -0.2) is 9.97 Å². The first-order chi connectivity index (χ1) is 16.8. The third-order valence-corrected chi connectivity index (χ3v) is 6.87. The maximum Gasteiger partial charge on any atom is 0.161 e. The van der Waals surface area contributed by atoms with Gasteiger partial charge in [-0.05, 0) is 40.8 Å². The van der Waals surface area contributed by atoms with E-state index in [0.29, 0.717) is 13.2 Å². The maximum absolute atomic E-state index is 5.71. The van der Waals surface area contributed by atoms with Crippen molar-refractivity contribution in [2.24, 2.45) is 0 Å². The summed E-state index contributed by atoms with van der Waals surface area (Å²) in [6.45, 7) is 1.96. The molecular weight excluding hydrogens is 442 g/mol. The van der Waals surface area contributed by atoms with Gasteiger partial charge in [0.25, 0.3) is 0 Å². The van der Waals surface area contributed by atoms with E-state index in [0.717, 1.165) is 51.6 Å². The molecule has 2 aromatic heterocycles. The van der Waals surface area contributed by atoms with E-state index in [4.69, 9.17) is 9.47 Å². The minimum atomic E-state index is 0.598. The minimum Gasteiger partial charge on any atom is -0.486 e. The van der Waals surface area contributed by atoms with Crippen LogP contribution in [0.4, 0.5) is 5.82 Å². The highest BCUT2D eigenvalue weighted by molar-refractivity contribution is 7.17. The summed E-state index contributed by atoms with van der Waals surface area (Å²) >= 11 is 1.65. The van der Waals surface area contributed by atoms with Crippen LogP contribution in [0.5, 0.6) is 11.5 Å². The Labute approximate surface area is 202 Å². The molecule has 1 N–H and O–H groups in total. The molecule has 6 rings (SSSR count). The monoisotopic (exact) mass is 465 g/mol. The second kappa shape index (κ2) is 9.15. The number of hydrogen-bond acceptors (Lipinski definition) is 6. The number of hydrogen-bond donors (Lipinski definition) is 1. The predicted octanol–water partition coefficient (Wildman–Crippen LogP) is 6.45. The number of aromatic nitrogens is 2. The molecule has 168 valence electrons. The molecule has 0 bridgehead atoms. The lowest BCUT2D eigenvalue weighted by atomic mass is 10.0. The Hall–Kier alpha value is -3.90. The second-order valence-corrected chi connectivity index (χ2v) is 9.01. The molecule has 3 aromatic carbocycles. The van der Waals surface area contributed by atoms with Gasteiger partial charge in [0.1, 0.15) is 30.2 Å². The minimum absolute atomic E-state index is 0.598. The van der Waals surface area contributed by atoms with Crippen LogP contribution in [0.3, 0.4) is 0 Å². The Morgan fingerprint density at radius 3 is 2.41 bits per heavy atom. The van der Waals surface area contributed by atoms with Gasteiger partial charge < -0.3 is 14.8 Å². The fraction of sp³-hybridized carbons (Fsp3) is 0.143. The van der Waals surface area contributed by atoms with Crippen molar-refractivity contribution in [2.45, 2.75) is 6.42 Å². The molecule has 0 atom stereocenters. The molecule has 1 aliphatic rings. The fourth-order valence-corrected chi connectivity index (χ4v) is 5.18. The van der Waals surface area contributed by atoms with Crippen LogP contribution in [0.15, 0.2) is 84.5 Å². The Morgan fingerprint density at radius 2 is 1.56 bits per heavy atom. The van der Waals surface area contributed by atoms with E-state index in [9.17, 15) is 0 Å². The van der Waals surface area contributed by atoms with Crippen LogP contribution < -0.4 is 14.8 Å². The van der Waals surface area contributed by atoms with Crippen molar-refractivity contribution in [3.63, 3.8) is 0 Å². The molecule has 6 heteroatoms. The normalized spacial score (nSPS) is 12.6. The summed E-state index contributed by atoms with van der Waals surface area (Å²) in [6, 6.07) is 25.3. The van der Waals surface area contributed by atoms with E-state index in [2.05, 4.69) is 81.3 Å². The van der Waals surface area contributed by atoms with Gasteiger partial charge in [-0.2, -0.15) is 0 Å². The molecule has 3 heterocycles. The highest BCUT2D eigenvalue weighted by atomic mass is 32.1. The Balaban J connectivity index is 1.23. The maximum atomic E-state index is 5.71. The number of fused-ring (bicyclic) bond motifs is 2. The average molecular weight is 466 g/mol. The molecule has 0 radical (unpaired) electrons. The van der Waals surface area contributed by atoms with Crippen molar-refractivity contribution >= 4 is 27.4 Å². The smallest absolute Gasteiger partial charge is 0.161 e. The molecular formula is C28H23N3O2S. The van der Waals surface area contributed by atoms with Crippen molar-refractivity contribution in [2.75, 3.05) is 25.1 Å². The van der Waals surface area contributed by atoms with E-state index in [1.807, 2.05) is 12.1 Å². The Kier molecular flexibility index (Phi) is 5.57. The van der Waals surface area contributed by atoms with Crippen molar-refractivity contribution < 1.29 is 9.47 Å². The van der Waals surface area contributed by atoms with E-state index in [-0.39, 0.29) is 0 Å². The van der Waals surface area contributed by atoms with Crippen LogP contribution in [0.1, 0.15) is 5.56 Å². The van der Waals surface area contributed by atoms with Crippen LogP contribution >= 0.6 is 11.3 Å². The highest BCUT2D eigenvalue weighted by Crippen LogP contribution is 2.37. The van der Waals surface area contributed by atoms with E-state index < -0.39 is 0 Å². The van der Waals surface area contributed by atoms with E-state index in [1.165, 1.54) is 16.7 Å². The SMILES string of the molecule is c1ccc(-c2ccc(-c3csc4ncnc(NCCc5ccc6c(c5)OCCO6)c34)cc2)cc1. The first-order valence-electron chi connectivity index (χ1n) is 11.4. The number of benzene rings is 3. The van der Waals surface area contributed by atoms with Crippen molar-refractivity contribution in [1.29, 1.82) is 0 Å². The first kappa shape index (κ1) is 20.7. The summed E-state index contributed by atoms with van der Waals surface area (Å²) in [4.78, 5) is 10.1. The first-order valence-corrected chi connectivity index (χ1v) is 12.2. The number of nitrogens with one attached hydrogen (secondary N) is 1. The summed E-state index contributed by atoms with van der Waals surface area (Å²) in [5.74, 6) is 2.51. The standard InChI is InChI=1S/C28H23N3O2S/c1-2-4-20(5-3-1)21-7-9-22(10-8-21)23-17-34-28-26(23)27(30-18-31-28)29-13-12-19-6-11-24-25(16-19)33-15-14-32-24/h1-11,16-18H,12-15H2,(H,29,30,31). The van der Waals surface area contributed by atoms with Crippen molar-refractivity contribution in [3.05, 3.63) is 90.1 Å². The molecule has 0 unspecified atom stereocenters. The fourth-order valence-electron chi connectivity index (χ4n) is 4.26. The quantitative estimate of drug-likeness (QED) is 0.312. The van der Waals surface area contributed by atoms with E-state index in [1.54, 1.807) is 17.7 Å².